The Morgan fingerprint density at radius 1 is 1.15 bits per heavy atom. The van der Waals surface area contributed by atoms with Crippen LogP contribution in [0.25, 0.3) is 16.3 Å². The van der Waals surface area contributed by atoms with Crippen molar-refractivity contribution in [3.05, 3.63) is 88.4 Å². The number of halogens is 5. The summed E-state index contributed by atoms with van der Waals surface area (Å²) in [7, 11) is 1.78. The molecule has 0 radical (unpaired) electrons. The number of rotatable bonds is 6. The number of nitrogens with zero attached hydrogens (tertiary/aromatic N) is 6. The van der Waals surface area contributed by atoms with E-state index in [1.165, 1.54) is 17.0 Å². The van der Waals surface area contributed by atoms with E-state index in [1.807, 2.05) is 11.0 Å². The molecule has 0 bridgehead atoms. The molecule has 3 heterocycles. The van der Waals surface area contributed by atoms with Gasteiger partial charge in [0.15, 0.2) is 5.83 Å². The number of fused-ring (bicyclic) bond motifs is 2. The molecule has 6 rings (SSSR count). The molecule has 2 saturated heterocycles. The molecule has 0 aromatic heterocycles. The lowest BCUT2D eigenvalue weighted by atomic mass is 9.81. The SMILES string of the molecule is C=C(F)C(=O)N1CCN(C2=C(C#N)C(OC[C@@H]3C[C@@H](F)CN3C)=NC3C=C(c4cccc5ccc(F)c(Cl)c45)C(F)=CC23)C[C@@H]1CC#N. The van der Waals surface area contributed by atoms with E-state index in [0.717, 1.165) is 0 Å². The molecule has 1 aliphatic carbocycles. The van der Waals surface area contributed by atoms with Crippen LogP contribution >= 0.6 is 11.6 Å². The van der Waals surface area contributed by atoms with Crippen LogP contribution < -0.4 is 0 Å². The van der Waals surface area contributed by atoms with Crippen molar-refractivity contribution in [3.8, 4) is 12.1 Å². The lowest BCUT2D eigenvalue weighted by Crippen LogP contribution is -2.56. The zero-order valence-electron chi connectivity index (χ0n) is 26.0. The molecular formula is C35H31ClF4N6O2. The second-order valence-corrected chi connectivity index (χ2v) is 12.7. The first-order valence-corrected chi connectivity index (χ1v) is 15.8. The summed E-state index contributed by atoms with van der Waals surface area (Å²) in [6.45, 7) is 3.59. The molecule has 0 spiro atoms. The summed E-state index contributed by atoms with van der Waals surface area (Å²) < 4.78 is 65.0. The number of likely N-dealkylation sites (tertiary alicyclic amines) is 1. The number of benzene rings is 2. The van der Waals surface area contributed by atoms with Crippen LogP contribution in [0.5, 0.6) is 0 Å². The van der Waals surface area contributed by atoms with Gasteiger partial charge < -0.3 is 14.5 Å². The second kappa shape index (κ2) is 13.5. The van der Waals surface area contributed by atoms with Gasteiger partial charge in [-0.1, -0.05) is 42.4 Å². The maximum absolute atomic E-state index is 16.3. The molecule has 48 heavy (non-hydrogen) atoms. The van der Waals surface area contributed by atoms with E-state index in [9.17, 15) is 28.5 Å². The van der Waals surface area contributed by atoms with E-state index in [1.54, 1.807) is 42.3 Å². The van der Waals surface area contributed by atoms with Gasteiger partial charge in [-0.3, -0.25) is 9.69 Å². The van der Waals surface area contributed by atoms with E-state index in [0.29, 0.717) is 22.0 Å². The van der Waals surface area contributed by atoms with Gasteiger partial charge in [0.1, 0.15) is 36.1 Å². The summed E-state index contributed by atoms with van der Waals surface area (Å²) in [6, 6.07) is 10.3. The van der Waals surface area contributed by atoms with Crippen molar-refractivity contribution in [2.45, 2.75) is 37.1 Å². The van der Waals surface area contributed by atoms with Crippen LogP contribution in [0.2, 0.25) is 5.02 Å². The molecule has 1 amide bonds. The minimum absolute atomic E-state index is 0.00904. The van der Waals surface area contributed by atoms with Crippen molar-refractivity contribution in [2.75, 3.05) is 39.8 Å². The minimum Gasteiger partial charge on any atom is -0.475 e. The Labute approximate surface area is 280 Å². The number of piperazine rings is 1. The molecule has 0 N–H and O–H groups in total. The van der Waals surface area contributed by atoms with E-state index >= 15 is 4.39 Å². The number of amides is 1. The smallest absolute Gasteiger partial charge is 0.282 e. The first-order chi connectivity index (χ1) is 23.0. The zero-order valence-corrected chi connectivity index (χ0v) is 26.7. The Morgan fingerprint density at radius 2 is 1.94 bits per heavy atom. The Balaban J connectivity index is 1.43. The first-order valence-electron chi connectivity index (χ1n) is 15.5. The topological polar surface area (TPSA) is 96.0 Å². The van der Waals surface area contributed by atoms with Crippen LogP contribution in [0.3, 0.4) is 0 Å². The fourth-order valence-corrected chi connectivity index (χ4v) is 7.30. The third-order valence-corrected chi connectivity index (χ3v) is 9.74. The standard InChI is InChI=1S/C35H31ClF4N6O2/c1-19(37)35(47)46-11-10-45(17-22(46)8-9-41)33-26-13-29(40)25(24-5-3-4-20-6-7-28(39)32(36)31(20)24)14-30(26)43-34(27(33)15-42)48-18-23-12-21(38)16-44(23)2/h3-7,13-14,21-23,26,30H,1,8,10-12,16-18H2,2H3/t21-,22+,23+,26?,30?/m1/s1. The number of dihydropyridines is 1. The van der Waals surface area contributed by atoms with Gasteiger partial charge >= 0.3 is 0 Å². The summed E-state index contributed by atoms with van der Waals surface area (Å²) >= 11 is 6.39. The van der Waals surface area contributed by atoms with Crippen LogP contribution in [0.4, 0.5) is 17.6 Å². The molecule has 5 atom stereocenters. The lowest BCUT2D eigenvalue weighted by molar-refractivity contribution is -0.133. The molecule has 3 aliphatic heterocycles. The first kappa shape index (κ1) is 33.3. The molecule has 2 aromatic carbocycles. The lowest BCUT2D eigenvalue weighted by Gasteiger charge is -2.45. The molecule has 248 valence electrons. The van der Waals surface area contributed by atoms with Gasteiger partial charge in [0.05, 0.1) is 29.6 Å². The van der Waals surface area contributed by atoms with Crippen LogP contribution in [0.1, 0.15) is 18.4 Å². The normalized spacial score (nSPS) is 25.9. The number of carbonyl (C=O) groups excluding carboxylic acids is 1. The maximum atomic E-state index is 16.3. The number of allylic oxidation sites excluding steroid dienone is 2. The largest absolute Gasteiger partial charge is 0.475 e. The number of hydrogen-bond acceptors (Lipinski definition) is 7. The van der Waals surface area contributed by atoms with Crippen molar-refractivity contribution in [3.63, 3.8) is 0 Å². The van der Waals surface area contributed by atoms with E-state index in [4.69, 9.17) is 21.3 Å². The number of carbonyl (C=O) groups is 1. The highest BCUT2D eigenvalue weighted by molar-refractivity contribution is 6.36. The van der Waals surface area contributed by atoms with Crippen molar-refractivity contribution in [2.24, 2.45) is 10.9 Å². The Morgan fingerprint density at radius 3 is 2.62 bits per heavy atom. The molecule has 8 nitrogen and oxygen atoms in total. The third kappa shape index (κ3) is 6.07. The van der Waals surface area contributed by atoms with Crippen molar-refractivity contribution >= 4 is 39.8 Å². The number of aliphatic imine (C=N–C) groups is 1. The van der Waals surface area contributed by atoms with Crippen LogP contribution in [0.15, 0.2) is 77.0 Å². The molecule has 4 aliphatic rings. The summed E-state index contributed by atoms with van der Waals surface area (Å²) in [6.07, 6.45) is 2.04. The van der Waals surface area contributed by atoms with Crippen molar-refractivity contribution in [1.82, 2.24) is 14.7 Å². The number of alkyl halides is 1. The highest BCUT2D eigenvalue weighted by Gasteiger charge is 2.42. The monoisotopic (exact) mass is 678 g/mol. The highest BCUT2D eigenvalue weighted by Crippen LogP contribution is 2.44. The van der Waals surface area contributed by atoms with Gasteiger partial charge in [-0.2, -0.15) is 10.5 Å². The summed E-state index contributed by atoms with van der Waals surface area (Å²) in [5.74, 6) is -4.19. The van der Waals surface area contributed by atoms with Crippen molar-refractivity contribution < 1.29 is 27.1 Å². The van der Waals surface area contributed by atoms with Crippen molar-refractivity contribution in [1.29, 1.82) is 10.5 Å². The third-order valence-electron chi connectivity index (χ3n) is 9.37. The van der Waals surface area contributed by atoms with Crippen LogP contribution in [0, 0.1) is 34.4 Å². The van der Waals surface area contributed by atoms with Gasteiger partial charge in [0.25, 0.3) is 5.91 Å². The van der Waals surface area contributed by atoms with E-state index in [-0.39, 0.29) is 73.7 Å². The predicted octanol–water partition coefficient (Wildman–Crippen LogP) is 6.03. The van der Waals surface area contributed by atoms with Gasteiger partial charge in [-0.25, -0.2) is 22.6 Å². The van der Waals surface area contributed by atoms with Gasteiger partial charge in [0.2, 0.25) is 5.90 Å². The quantitative estimate of drug-likeness (QED) is 0.274. The maximum Gasteiger partial charge on any atom is 0.282 e. The fourth-order valence-electron chi connectivity index (χ4n) is 7.03. The second-order valence-electron chi connectivity index (χ2n) is 12.3. The summed E-state index contributed by atoms with van der Waals surface area (Å²) in [4.78, 5) is 22.2. The van der Waals surface area contributed by atoms with E-state index < -0.39 is 47.6 Å². The Bertz CT molecular complexity index is 1900. The average molecular weight is 679 g/mol. The Hall–Kier alpha value is -4.65. The summed E-state index contributed by atoms with van der Waals surface area (Å²) in [5.41, 5.74) is 0.896. The van der Waals surface area contributed by atoms with Crippen LogP contribution in [-0.4, -0.2) is 90.6 Å². The molecule has 0 saturated carbocycles. The minimum atomic E-state index is -1.15. The molecule has 13 heteroatoms. The van der Waals surface area contributed by atoms with E-state index in [2.05, 4.69) is 12.6 Å². The molecule has 2 fully saturated rings. The highest BCUT2D eigenvalue weighted by atomic mass is 35.5. The number of nitriles is 2. The van der Waals surface area contributed by atoms with Crippen LogP contribution in [-0.2, 0) is 9.53 Å². The molecular weight excluding hydrogens is 648 g/mol. The van der Waals surface area contributed by atoms with Gasteiger partial charge in [-0.05, 0) is 42.6 Å². The number of hydrogen-bond donors (Lipinski definition) is 0. The zero-order chi connectivity index (χ0) is 34.3. The molecule has 2 unspecified atom stereocenters. The number of ether oxygens (including phenoxy) is 1. The fraction of sp³-hybridized carbons (Fsp3) is 0.371. The Kier molecular flexibility index (Phi) is 9.33. The number of likely N-dealkylation sites (N-methyl/N-ethyl adjacent to an activating group) is 1. The predicted molar refractivity (Wildman–Crippen MR) is 173 cm³/mol. The van der Waals surface area contributed by atoms with Gasteiger partial charge in [0, 0.05) is 54.8 Å². The average Bonchev–Trinajstić information content (AvgIpc) is 3.40. The summed E-state index contributed by atoms with van der Waals surface area (Å²) in [5, 5.41) is 20.8. The molecule has 2 aromatic rings. The van der Waals surface area contributed by atoms with Gasteiger partial charge in [-0.15, -0.1) is 0 Å².